The first kappa shape index (κ1) is 8.11. The van der Waals surface area contributed by atoms with Crippen molar-refractivity contribution in [2.75, 3.05) is 6.61 Å². The molecule has 1 nitrogen and oxygen atoms in total. The van der Waals surface area contributed by atoms with Gasteiger partial charge in [0, 0.05) is 5.33 Å². The first-order valence-corrected chi connectivity index (χ1v) is 5.33. The summed E-state index contributed by atoms with van der Waals surface area (Å²) in [5, 5.41) is 0.930. The Morgan fingerprint density at radius 1 is 1.42 bits per heavy atom. The van der Waals surface area contributed by atoms with Crippen LogP contribution in [0.1, 0.15) is 17.5 Å². The van der Waals surface area contributed by atoms with Crippen LogP contribution < -0.4 is 4.74 Å². The lowest BCUT2D eigenvalue weighted by molar-refractivity contribution is 0.288. The van der Waals surface area contributed by atoms with E-state index in [-0.39, 0.29) is 0 Å². The summed E-state index contributed by atoms with van der Waals surface area (Å²) in [6, 6.07) is 6.27. The van der Waals surface area contributed by atoms with Gasteiger partial charge in [-0.15, -0.1) is 0 Å². The summed E-state index contributed by atoms with van der Waals surface area (Å²) in [5.41, 5.74) is 2.76. The zero-order valence-corrected chi connectivity index (χ0v) is 8.43. The molecule has 0 radical (unpaired) electrons. The molecule has 12 heavy (non-hydrogen) atoms. The minimum Gasteiger partial charge on any atom is -0.493 e. The summed E-state index contributed by atoms with van der Waals surface area (Å²) < 4.78 is 5.55. The molecule has 1 heterocycles. The van der Waals surface area contributed by atoms with Gasteiger partial charge in [0.2, 0.25) is 0 Å². The Hall–Kier alpha value is -0.500. The van der Waals surface area contributed by atoms with Gasteiger partial charge in [-0.2, -0.15) is 0 Å². The molecule has 64 valence electrons. The second-order valence-electron chi connectivity index (χ2n) is 2.98. The number of fused-ring (bicyclic) bond motifs is 1. The topological polar surface area (TPSA) is 9.23 Å². The fraction of sp³-hybridized carbons (Fsp3) is 0.400. The van der Waals surface area contributed by atoms with E-state index in [0.29, 0.717) is 0 Å². The molecular formula is C10H11BrO. The maximum Gasteiger partial charge on any atom is 0.122 e. The zero-order chi connectivity index (χ0) is 8.39. The molecule has 0 aromatic heterocycles. The number of halogens is 1. The van der Waals surface area contributed by atoms with Crippen LogP contribution in [0, 0.1) is 0 Å². The minimum atomic E-state index is 0.874. The highest BCUT2D eigenvalue weighted by Gasteiger charge is 2.12. The number of rotatable bonds is 1. The van der Waals surface area contributed by atoms with Gasteiger partial charge < -0.3 is 4.74 Å². The van der Waals surface area contributed by atoms with E-state index in [2.05, 4.69) is 34.1 Å². The molecule has 0 amide bonds. The molecule has 0 unspecified atom stereocenters. The summed E-state index contributed by atoms with van der Waals surface area (Å²) in [7, 11) is 0. The quantitative estimate of drug-likeness (QED) is 0.670. The molecule has 0 spiro atoms. The lowest BCUT2D eigenvalue weighted by Gasteiger charge is -2.19. The molecule has 2 rings (SSSR count). The van der Waals surface area contributed by atoms with Crippen molar-refractivity contribution in [2.45, 2.75) is 18.2 Å². The molecule has 2 heteroatoms. The van der Waals surface area contributed by atoms with E-state index in [1.54, 1.807) is 0 Å². The third kappa shape index (κ3) is 1.36. The number of benzene rings is 1. The molecule has 1 aliphatic rings. The van der Waals surface area contributed by atoms with Crippen LogP contribution in [0.5, 0.6) is 5.75 Å². The smallest absolute Gasteiger partial charge is 0.122 e. The monoisotopic (exact) mass is 226 g/mol. The number of alkyl halides is 1. The summed E-state index contributed by atoms with van der Waals surface area (Å²) >= 11 is 3.48. The van der Waals surface area contributed by atoms with Crippen LogP contribution in [0.3, 0.4) is 0 Å². The molecular weight excluding hydrogens is 216 g/mol. The standard InChI is InChI=1S/C10H11BrO/c11-7-8-3-1-5-10-9(8)4-2-6-12-10/h1,3,5H,2,4,6-7H2. The Morgan fingerprint density at radius 3 is 3.17 bits per heavy atom. The van der Waals surface area contributed by atoms with E-state index in [4.69, 9.17) is 4.74 Å². The summed E-state index contributed by atoms with van der Waals surface area (Å²) in [4.78, 5) is 0. The van der Waals surface area contributed by atoms with Crippen LogP contribution in [-0.4, -0.2) is 6.61 Å². The van der Waals surface area contributed by atoms with Crippen LogP contribution in [0.25, 0.3) is 0 Å². The van der Waals surface area contributed by atoms with E-state index in [9.17, 15) is 0 Å². The van der Waals surface area contributed by atoms with Crippen LogP contribution in [0.15, 0.2) is 18.2 Å². The van der Waals surface area contributed by atoms with E-state index in [1.807, 2.05) is 0 Å². The van der Waals surface area contributed by atoms with Crippen LogP contribution >= 0.6 is 15.9 Å². The molecule has 0 N–H and O–H groups in total. The molecule has 1 aromatic rings. The maximum atomic E-state index is 5.55. The SMILES string of the molecule is BrCc1cccc2c1CCCO2. The predicted molar refractivity (Wildman–Crippen MR) is 52.9 cm³/mol. The van der Waals surface area contributed by atoms with Crippen molar-refractivity contribution in [3.05, 3.63) is 29.3 Å². The lowest BCUT2D eigenvalue weighted by Crippen LogP contribution is -2.09. The molecule has 1 aromatic carbocycles. The lowest BCUT2D eigenvalue weighted by atomic mass is 10.0. The second-order valence-corrected chi connectivity index (χ2v) is 3.54. The average molecular weight is 227 g/mol. The van der Waals surface area contributed by atoms with Gasteiger partial charge in [-0.25, -0.2) is 0 Å². The number of hydrogen-bond acceptors (Lipinski definition) is 1. The van der Waals surface area contributed by atoms with Crippen molar-refractivity contribution >= 4 is 15.9 Å². The Kier molecular flexibility index (Phi) is 2.35. The summed E-state index contributed by atoms with van der Waals surface area (Å²) in [6.07, 6.45) is 2.31. The first-order chi connectivity index (χ1) is 5.92. The third-order valence-corrected chi connectivity index (χ3v) is 2.81. The van der Waals surface area contributed by atoms with Gasteiger partial charge in [-0.1, -0.05) is 28.1 Å². The maximum absolute atomic E-state index is 5.55. The fourth-order valence-corrected chi connectivity index (χ4v) is 2.11. The van der Waals surface area contributed by atoms with Gasteiger partial charge in [-0.3, -0.25) is 0 Å². The molecule has 0 saturated carbocycles. The van der Waals surface area contributed by atoms with Crippen molar-refractivity contribution in [3.63, 3.8) is 0 Å². The van der Waals surface area contributed by atoms with Crippen molar-refractivity contribution in [1.82, 2.24) is 0 Å². The Morgan fingerprint density at radius 2 is 2.33 bits per heavy atom. The minimum absolute atomic E-state index is 0.874. The molecule has 0 aliphatic carbocycles. The van der Waals surface area contributed by atoms with Crippen LogP contribution in [-0.2, 0) is 11.8 Å². The van der Waals surface area contributed by atoms with Gasteiger partial charge in [0.05, 0.1) is 6.61 Å². The first-order valence-electron chi connectivity index (χ1n) is 4.21. The summed E-state index contributed by atoms with van der Waals surface area (Å²) in [5.74, 6) is 1.08. The Balaban J connectivity index is 2.44. The molecule has 0 bridgehead atoms. The predicted octanol–water partition coefficient (Wildman–Crippen LogP) is 2.91. The van der Waals surface area contributed by atoms with Crippen LogP contribution in [0.4, 0.5) is 0 Å². The third-order valence-electron chi connectivity index (χ3n) is 2.20. The Bertz CT molecular complexity index is 269. The van der Waals surface area contributed by atoms with E-state index in [0.717, 1.165) is 30.5 Å². The van der Waals surface area contributed by atoms with Crippen molar-refractivity contribution in [2.24, 2.45) is 0 Å². The van der Waals surface area contributed by atoms with Crippen molar-refractivity contribution in [3.8, 4) is 5.75 Å². The molecule has 0 atom stereocenters. The normalized spacial score (nSPS) is 15.1. The zero-order valence-electron chi connectivity index (χ0n) is 6.85. The van der Waals surface area contributed by atoms with Gasteiger partial charge in [-0.05, 0) is 30.0 Å². The number of ether oxygens (including phenoxy) is 1. The second kappa shape index (κ2) is 3.48. The summed E-state index contributed by atoms with van der Waals surface area (Å²) in [6.45, 7) is 0.874. The highest BCUT2D eigenvalue weighted by molar-refractivity contribution is 9.08. The van der Waals surface area contributed by atoms with E-state index in [1.165, 1.54) is 11.1 Å². The fourth-order valence-electron chi connectivity index (χ4n) is 1.59. The highest BCUT2D eigenvalue weighted by Crippen LogP contribution is 2.28. The van der Waals surface area contributed by atoms with Gasteiger partial charge >= 0.3 is 0 Å². The Labute approximate surface area is 80.9 Å². The van der Waals surface area contributed by atoms with Crippen LogP contribution in [0.2, 0.25) is 0 Å². The van der Waals surface area contributed by atoms with Gasteiger partial charge in [0.15, 0.2) is 0 Å². The van der Waals surface area contributed by atoms with E-state index < -0.39 is 0 Å². The average Bonchev–Trinajstić information content (AvgIpc) is 2.17. The van der Waals surface area contributed by atoms with Crippen molar-refractivity contribution < 1.29 is 4.74 Å². The van der Waals surface area contributed by atoms with Gasteiger partial charge in [0.25, 0.3) is 0 Å². The molecule has 0 fully saturated rings. The molecule has 0 saturated heterocycles. The largest absolute Gasteiger partial charge is 0.493 e. The van der Waals surface area contributed by atoms with Crippen molar-refractivity contribution in [1.29, 1.82) is 0 Å². The highest BCUT2D eigenvalue weighted by atomic mass is 79.9. The number of hydrogen-bond donors (Lipinski definition) is 0. The van der Waals surface area contributed by atoms with Gasteiger partial charge in [0.1, 0.15) is 5.75 Å². The molecule has 1 aliphatic heterocycles. The van der Waals surface area contributed by atoms with E-state index >= 15 is 0 Å².